The van der Waals surface area contributed by atoms with E-state index in [1.165, 1.54) is 44.2 Å². The maximum atomic E-state index is 2.39. The summed E-state index contributed by atoms with van der Waals surface area (Å²) in [5, 5.41) is 2.40. The van der Waals surface area contributed by atoms with Crippen molar-refractivity contribution in [2.75, 3.05) is 9.80 Å². The number of aryl methyl sites for hydroxylation is 2. The molecule has 0 aliphatic carbocycles. The van der Waals surface area contributed by atoms with Crippen LogP contribution in [0.1, 0.15) is 63.8 Å². The summed E-state index contributed by atoms with van der Waals surface area (Å²) in [6.07, 6.45) is 0. The molecule has 0 aliphatic heterocycles. The lowest BCUT2D eigenvalue weighted by molar-refractivity contribution is 0.590. The van der Waals surface area contributed by atoms with E-state index in [-0.39, 0.29) is 10.8 Å². The van der Waals surface area contributed by atoms with Crippen LogP contribution in [0.4, 0.5) is 34.1 Å². The molecule has 0 heterocycles. The average Bonchev–Trinajstić information content (AvgIpc) is 3.13. The summed E-state index contributed by atoms with van der Waals surface area (Å²) in [7, 11) is 0. The summed E-state index contributed by atoms with van der Waals surface area (Å²) in [5.41, 5.74) is 14.5. The van der Waals surface area contributed by atoms with Gasteiger partial charge in [-0.1, -0.05) is 138 Å². The van der Waals surface area contributed by atoms with Crippen LogP contribution in [0.5, 0.6) is 0 Å². The zero-order chi connectivity index (χ0) is 36.6. The van der Waals surface area contributed by atoms with Gasteiger partial charge in [0.1, 0.15) is 0 Å². The fourth-order valence-electron chi connectivity index (χ4n) is 6.96. The molecule has 0 unspecified atom stereocenters. The van der Waals surface area contributed by atoms with Gasteiger partial charge in [0.25, 0.3) is 0 Å². The summed E-state index contributed by atoms with van der Waals surface area (Å²) in [6.45, 7) is 17.9. The predicted molar refractivity (Wildman–Crippen MR) is 226 cm³/mol. The molecule has 0 saturated carbocycles. The number of fused-ring (bicyclic) bond motifs is 1. The molecule has 52 heavy (non-hydrogen) atoms. The van der Waals surface area contributed by atoms with Gasteiger partial charge in [0.2, 0.25) is 0 Å². The van der Waals surface area contributed by atoms with E-state index in [9.17, 15) is 0 Å². The lowest BCUT2D eigenvalue weighted by Crippen LogP contribution is -2.13. The van der Waals surface area contributed by atoms with E-state index in [2.05, 4.69) is 223 Å². The van der Waals surface area contributed by atoms with Crippen molar-refractivity contribution in [2.24, 2.45) is 0 Å². The highest BCUT2D eigenvalue weighted by atomic mass is 15.1. The first-order valence-corrected chi connectivity index (χ1v) is 18.4. The third-order valence-electron chi connectivity index (χ3n) is 10.1. The molecule has 2 nitrogen and oxygen atoms in total. The largest absolute Gasteiger partial charge is 0.310 e. The number of anilines is 6. The van der Waals surface area contributed by atoms with Gasteiger partial charge in [-0.25, -0.2) is 0 Å². The van der Waals surface area contributed by atoms with E-state index < -0.39 is 0 Å². The summed E-state index contributed by atoms with van der Waals surface area (Å²) >= 11 is 0. The van der Waals surface area contributed by atoms with Crippen LogP contribution in [0.15, 0.2) is 158 Å². The van der Waals surface area contributed by atoms with Crippen molar-refractivity contribution in [3.05, 3.63) is 180 Å². The lowest BCUT2D eigenvalue weighted by Gasteiger charge is -2.29. The molecule has 0 bridgehead atoms. The molecule has 0 saturated heterocycles. The first kappa shape index (κ1) is 34.8. The van der Waals surface area contributed by atoms with Crippen molar-refractivity contribution >= 4 is 44.9 Å². The van der Waals surface area contributed by atoms with Crippen LogP contribution < -0.4 is 9.80 Å². The zero-order valence-corrected chi connectivity index (χ0v) is 31.9. The molecule has 260 valence electrons. The fourth-order valence-corrected chi connectivity index (χ4v) is 6.96. The summed E-state index contributed by atoms with van der Waals surface area (Å²) in [6, 6.07) is 58.3. The zero-order valence-electron chi connectivity index (χ0n) is 31.9. The van der Waals surface area contributed by atoms with Crippen molar-refractivity contribution in [3.8, 4) is 11.1 Å². The van der Waals surface area contributed by atoms with E-state index in [1.807, 2.05) is 0 Å². The molecule has 0 aromatic heterocycles. The van der Waals surface area contributed by atoms with Crippen LogP contribution in [0.2, 0.25) is 0 Å². The number of rotatable bonds is 7. The molecule has 7 aromatic carbocycles. The standard InChI is InChI=1S/C50H50N2/c1-35-14-23-41(24-15-35)51(43-28-19-39(20-29-43)49(3,4)5)45-27-18-38-32-46(34-47(48(38)33-45)37-12-10-9-11-13-37)52(42-25-16-36(2)17-26-42)44-30-21-40(22-31-44)50(6,7)8/h9-34H,1-8H3. The second-order valence-corrected chi connectivity index (χ2v) is 16.2. The van der Waals surface area contributed by atoms with Crippen LogP contribution in [-0.2, 0) is 10.8 Å². The first-order valence-electron chi connectivity index (χ1n) is 18.4. The monoisotopic (exact) mass is 678 g/mol. The van der Waals surface area contributed by atoms with Crippen molar-refractivity contribution < 1.29 is 0 Å². The Morgan fingerprint density at radius 3 is 1.21 bits per heavy atom. The van der Waals surface area contributed by atoms with Crippen molar-refractivity contribution in [1.29, 1.82) is 0 Å². The van der Waals surface area contributed by atoms with Gasteiger partial charge in [0, 0.05) is 34.1 Å². The maximum absolute atomic E-state index is 2.39. The van der Waals surface area contributed by atoms with Crippen molar-refractivity contribution in [2.45, 2.75) is 66.2 Å². The molecule has 7 rings (SSSR count). The van der Waals surface area contributed by atoms with Gasteiger partial charge in [0.05, 0.1) is 0 Å². The Morgan fingerprint density at radius 1 is 0.365 bits per heavy atom. The Bertz CT molecular complexity index is 2290. The molecule has 2 heteroatoms. The van der Waals surface area contributed by atoms with Crippen LogP contribution in [0, 0.1) is 13.8 Å². The third kappa shape index (κ3) is 7.25. The second-order valence-electron chi connectivity index (χ2n) is 16.2. The fraction of sp³-hybridized carbons (Fsp3) is 0.200. The quantitative estimate of drug-likeness (QED) is 0.166. The molecule has 0 aliphatic rings. The lowest BCUT2D eigenvalue weighted by atomic mass is 9.87. The Kier molecular flexibility index (Phi) is 9.27. The molecule has 0 fully saturated rings. The first-order chi connectivity index (χ1) is 24.8. The minimum absolute atomic E-state index is 0.0788. The Hall–Kier alpha value is -5.60. The van der Waals surface area contributed by atoms with Gasteiger partial charge in [-0.15, -0.1) is 0 Å². The van der Waals surface area contributed by atoms with E-state index >= 15 is 0 Å². The number of benzene rings is 7. The van der Waals surface area contributed by atoms with E-state index in [0.29, 0.717) is 0 Å². The summed E-state index contributed by atoms with van der Waals surface area (Å²) in [5.74, 6) is 0. The molecule has 0 amide bonds. The summed E-state index contributed by atoms with van der Waals surface area (Å²) in [4.78, 5) is 4.77. The molecule has 7 aromatic rings. The van der Waals surface area contributed by atoms with Gasteiger partial charge in [-0.05, 0) is 131 Å². The van der Waals surface area contributed by atoms with Crippen LogP contribution in [-0.4, -0.2) is 0 Å². The number of hydrogen-bond acceptors (Lipinski definition) is 2. The molecule has 0 radical (unpaired) electrons. The van der Waals surface area contributed by atoms with E-state index in [1.54, 1.807) is 0 Å². The Labute approximate surface area is 311 Å². The second kappa shape index (κ2) is 13.8. The highest BCUT2D eigenvalue weighted by Crippen LogP contribution is 2.44. The molecular weight excluding hydrogens is 629 g/mol. The average molecular weight is 679 g/mol. The van der Waals surface area contributed by atoms with Gasteiger partial charge in [0.15, 0.2) is 0 Å². The maximum Gasteiger partial charge on any atom is 0.0474 e. The third-order valence-corrected chi connectivity index (χ3v) is 10.1. The molecule has 0 N–H and O–H groups in total. The van der Waals surface area contributed by atoms with E-state index in [0.717, 1.165) is 34.1 Å². The minimum Gasteiger partial charge on any atom is -0.310 e. The Balaban J connectivity index is 1.43. The topological polar surface area (TPSA) is 6.48 Å². The molecule has 0 atom stereocenters. The Morgan fingerprint density at radius 2 is 0.769 bits per heavy atom. The summed E-state index contributed by atoms with van der Waals surface area (Å²) < 4.78 is 0. The van der Waals surface area contributed by atoms with Gasteiger partial charge in [-0.2, -0.15) is 0 Å². The van der Waals surface area contributed by atoms with Crippen molar-refractivity contribution in [3.63, 3.8) is 0 Å². The van der Waals surface area contributed by atoms with E-state index in [4.69, 9.17) is 0 Å². The highest BCUT2D eigenvalue weighted by Gasteiger charge is 2.21. The highest BCUT2D eigenvalue weighted by molar-refractivity contribution is 6.03. The number of nitrogens with zero attached hydrogens (tertiary/aromatic N) is 2. The van der Waals surface area contributed by atoms with Crippen molar-refractivity contribution in [1.82, 2.24) is 0 Å². The predicted octanol–water partition coefficient (Wildman–Crippen LogP) is 14.7. The van der Waals surface area contributed by atoms with Crippen LogP contribution >= 0.6 is 0 Å². The number of hydrogen-bond donors (Lipinski definition) is 0. The SMILES string of the molecule is Cc1ccc(N(c2ccc(C(C)(C)C)cc2)c2cc(-c3ccccc3)c3cc(N(c4ccc(C)cc4)c4ccc(C(C)(C)C)cc4)ccc3c2)cc1. The van der Waals surface area contributed by atoms with Crippen LogP contribution in [0.3, 0.4) is 0 Å². The molecular formula is C50H50N2. The molecule has 0 spiro atoms. The normalized spacial score (nSPS) is 11.8. The van der Waals surface area contributed by atoms with Gasteiger partial charge >= 0.3 is 0 Å². The van der Waals surface area contributed by atoms with Gasteiger partial charge in [-0.3, -0.25) is 0 Å². The van der Waals surface area contributed by atoms with Crippen LogP contribution in [0.25, 0.3) is 21.9 Å². The smallest absolute Gasteiger partial charge is 0.0474 e. The van der Waals surface area contributed by atoms with Gasteiger partial charge < -0.3 is 9.80 Å². The minimum atomic E-state index is 0.0788.